The number of carboxylic acid groups (broad SMARTS) is 3. The predicted molar refractivity (Wildman–Crippen MR) is 47.0 cm³/mol. The number of hydrogen-bond acceptors (Lipinski definition) is 4. The van der Waals surface area contributed by atoms with Crippen LogP contribution in [0.1, 0.15) is 13.3 Å². The first-order valence-corrected chi connectivity index (χ1v) is 3.63. The molecule has 0 fully saturated rings. The number of hydrogen-bond donors (Lipinski definition) is 4. The lowest BCUT2D eigenvalue weighted by molar-refractivity contribution is -0.139. The molecule has 1 unspecified atom stereocenters. The SMILES string of the molecule is CC(O)CC(=O)O.O=C(O)C#CC(=O)O. The van der Waals surface area contributed by atoms with Crippen LogP contribution in [0.25, 0.3) is 0 Å². The molecule has 0 spiro atoms. The largest absolute Gasteiger partial charge is 0.481 e. The average Bonchev–Trinajstić information content (AvgIpc) is 1.99. The van der Waals surface area contributed by atoms with Gasteiger partial charge in [0, 0.05) is 11.8 Å². The summed E-state index contributed by atoms with van der Waals surface area (Å²) in [5.74, 6) is -1.01. The maximum absolute atomic E-state index is 9.65. The fraction of sp³-hybridized carbons (Fsp3) is 0.375. The summed E-state index contributed by atoms with van der Waals surface area (Å²) in [6, 6.07) is 0. The molecule has 0 aromatic carbocycles. The van der Waals surface area contributed by atoms with Crippen molar-refractivity contribution in [3.05, 3.63) is 0 Å². The fourth-order valence-electron chi connectivity index (χ4n) is 0.360. The molecule has 0 saturated carbocycles. The number of carbonyl (C=O) groups is 3. The molecule has 0 rings (SSSR count). The van der Waals surface area contributed by atoms with E-state index in [1.165, 1.54) is 18.8 Å². The van der Waals surface area contributed by atoms with Crippen molar-refractivity contribution in [2.45, 2.75) is 19.4 Å². The number of aliphatic hydroxyl groups is 1. The first-order chi connectivity index (χ1) is 6.75. The zero-order valence-electron chi connectivity index (χ0n) is 7.80. The van der Waals surface area contributed by atoms with Gasteiger partial charge in [0.2, 0.25) is 0 Å². The van der Waals surface area contributed by atoms with Gasteiger partial charge in [-0.3, -0.25) is 4.79 Å². The molecule has 0 heterocycles. The van der Waals surface area contributed by atoms with Crippen molar-refractivity contribution in [1.82, 2.24) is 0 Å². The molecule has 7 heteroatoms. The highest BCUT2D eigenvalue weighted by molar-refractivity contribution is 5.96. The van der Waals surface area contributed by atoms with Gasteiger partial charge in [0.25, 0.3) is 0 Å². The summed E-state index contributed by atoms with van der Waals surface area (Å²) in [6.45, 7) is 1.44. The number of carboxylic acids is 3. The Morgan fingerprint density at radius 3 is 1.47 bits per heavy atom. The van der Waals surface area contributed by atoms with Crippen molar-refractivity contribution in [2.24, 2.45) is 0 Å². The molecule has 0 aliphatic carbocycles. The Morgan fingerprint density at radius 2 is 1.40 bits per heavy atom. The third-order valence-corrected chi connectivity index (χ3v) is 0.746. The predicted octanol–water partition coefficient (Wildman–Crippen LogP) is -0.999. The molecule has 4 N–H and O–H groups in total. The van der Waals surface area contributed by atoms with Crippen molar-refractivity contribution in [3.8, 4) is 11.8 Å². The third kappa shape index (κ3) is 24.5. The van der Waals surface area contributed by atoms with Gasteiger partial charge in [-0.25, -0.2) is 9.59 Å². The zero-order valence-corrected chi connectivity index (χ0v) is 7.80. The molecule has 0 aliphatic rings. The van der Waals surface area contributed by atoms with Crippen molar-refractivity contribution in [3.63, 3.8) is 0 Å². The minimum atomic E-state index is -1.44. The van der Waals surface area contributed by atoms with Crippen LogP contribution >= 0.6 is 0 Å². The highest BCUT2D eigenvalue weighted by atomic mass is 16.4. The topological polar surface area (TPSA) is 132 Å². The Hall–Kier alpha value is -2.07. The van der Waals surface area contributed by atoms with E-state index in [2.05, 4.69) is 0 Å². The maximum Gasteiger partial charge on any atom is 0.382 e. The summed E-state index contributed by atoms with van der Waals surface area (Å²) >= 11 is 0. The number of aliphatic carboxylic acids is 3. The van der Waals surface area contributed by atoms with Gasteiger partial charge in [-0.15, -0.1) is 0 Å². The van der Waals surface area contributed by atoms with Crippen LogP contribution in [-0.4, -0.2) is 44.4 Å². The van der Waals surface area contributed by atoms with E-state index in [0.717, 1.165) is 0 Å². The number of aliphatic hydroxyl groups excluding tert-OH is 1. The molecular weight excluding hydrogens is 208 g/mol. The molecule has 0 saturated heterocycles. The lowest BCUT2D eigenvalue weighted by Gasteiger charge is -1.94. The van der Waals surface area contributed by atoms with Crippen LogP contribution in [0.4, 0.5) is 0 Å². The summed E-state index contributed by atoms with van der Waals surface area (Å²) < 4.78 is 0. The Morgan fingerprint density at radius 1 is 1.07 bits per heavy atom. The lowest BCUT2D eigenvalue weighted by Crippen LogP contribution is -2.07. The highest BCUT2D eigenvalue weighted by Gasteiger charge is 2.00. The molecule has 0 aromatic heterocycles. The second kappa shape index (κ2) is 8.52. The van der Waals surface area contributed by atoms with Crippen LogP contribution in [0.15, 0.2) is 0 Å². The molecular formula is C8H10O7. The number of rotatable bonds is 2. The second-order valence-corrected chi connectivity index (χ2v) is 2.31. The summed E-state index contributed by atoms with van der Waals surface area (Å²) in [5, 5.41) is 31.7. The Bertz CT molecular complexity index is 276. The average molecular weight is 218 g/mol. The van der Waals surface area contributed by atoms with Crippen LogP contribution < -0.4 is 0 Å². The smallest absolute Gasteiger partial charge is 0.382 e. The van der Waals surface area contributed by atoms with E-state index in [4.69, 9.17) is 20.4 Å². The van der Waals surface area contributed by atoms with Gasteiger partial charge in [0.1, 0.15) is 0 Å². The van der Waals surface area contributed by atoms with Crippen LogP contribution in [0.2, 0.25) is 0 Å². The summed E-state index contributed by atoms with van der Waals surface area (Å²) in [4.78, 5) is 28.6. The zero-order chi connectivity index (χ0) is 12.4. The van der Waals surface area contributed by atoms with Crippen LogP contribution in [-0.2, 0) is 14.4 Å². The molecule has 84 valence electrons. The van der Waals surface area contributed by atoms with Crippen LogP contribution in [0.5, 0.6) is 0 Å². The summed E-state index contributed by atoms with van der Waals surface area (Å²) in [6.07, 6.45) is -0.891. The standard InChI is InChI=1S/C4H2O4.C4H8O3/c5-3(6)1-2-4(7)8;1-3(5)2-4(6)7/h(H,5,6)(H,7,8);3,5H,2H2,1H3,(H,6,7). The normalized spacial score (nSPS) is 9.73. The van der Waals surface area contributed by atoms with Crippen LogP contribution in [0, 0.1) is 11.8 Å². The molecule has 0 aromatic rings. The van der Waals surface area contributed by atoms with E-state index >= 15 is 0 Å². The molecule has 0 aliphatic heterocycles. The first-order valence-electron chi connectivity index (χ1n) is 3.63. The summed E-state index contributed by atoms with van der Waals surface area (Å²) in [7, 11) is 0. The lowest BCUT2D eigenvalue weighted by atomic mass is 10.3. The van der Waals surface area contributed by atoms with Gasteiger partial charge in [-0.1, -0.05) is 0 Å². The molecule has 1 atom stereocenters. The van der Waals surface area contributed by atoms with Crippen molar-refractivity contribution in [2.75, 3.05) is 0 Å². The monoisotopic (exact) mass is 218 g/mol. The third-order valence-electron chi connectivity index (χ3n) is 0.746. The van der Waals surface area contributed by atoms with Gasteiger partial charge in [0.15, 0.2) is 0 Å². The molecule has 0 amide bonds. The van der Waals surface area contributed by atoms with Gasteiger partial charge >= 0.3 is 17.9 Å². The highest BCUT2D eigenvalue weighted by Crippen LogP contribution is 1.85. The van der Waals surface area contributed by atoms with Crippen LogP contribution in [0.3, 0.4) is 0 Å². The Labute approximate surface area is 85.0 Å². The minimum Gasteiger partial charge on any atom is -0.481 e. The molecule has 0 bridgehead atoms. The first kappa shape index (κ1) is 15.4. The van der Waals surface area contributed by atoms with E-state index in [1.54, 1.807) is 0 Å². The van der Waals surface area contributed by atoms with E-state index in [9.17, 15) is 14.4 Å². The minimum absolute atomic E-state index is 0.167. The van der Waals surface area contributed by atoms with E-state index < -0.39 is 24.0 Å². The maximum atomic E-state index is 9.65. The molecule has 0 radical (unpaired) electrons. The Kier molecular flexibility index (Phi) is 8.75. The van der Waals surface area contributed by atoms with Gasteiger partial charge in [-0.05, 0) is 6.92 Å². The van der Waals surface area contributed by atoms with Gasteiger partial charge in [0.05, 0.1) is 12.5 Å². The Balaban J connectivity index is 0. The quantitative estimate of drug-likeness (QED) is 0.437. The second-order valence-electron chi connectivity index (χ2n) is 2.31. The molecule has 7 nitrogen and oxygen atoms in total. The van der Waals surface area contributed by atoms with Crippen molar-refractivity contribution >= 4 is 17.9 Å². The van der Waals surface area contributed by atoms with Crippen molar-refractivity contribution in [1.29, 1.82) is 0 Å². The van der Waals surface area contributed by atoms with Gasteiger partial charge < -0.3 is 20.4 Å². The van der Waals surface area contributed by atoms with E-state index in [0.29, 0.717) is 0 Å². The van der Waals surface area contributed by atoms with E-state index in [1.807, 2.05) is 0 Å². The van der Waals surface area contributed by atoms with Crippen molar-refractivity contribution < 1.29 is 34.8 Å². The van der Waals surface area contributed by atoms with Gasteiger partial charge in [-0.2, -0.15) is 0 Å². The van der Waals surface area contributed by atoms with E-state index in [-0.39, 0.29) is 6.42 Å². The fourth-order valence-corrected chi connectivity index (χ4v) is 0.360. The molecule has 15 heavy (non-hydrogen) atoms. The summed E-state index contributed by atoms with van der Waals surface area (Å²) in [5.41, 5.74) is 0.